The zero-order valence-electron chi connectivity index (χ0n) is 17.3. The highest BCUT2D eigenvalue weighted by atomic mass is 19.3. The van der Waals surface area contributed by atoms with Gasteiger partial charge in [0.1, 0.15) is 11.6 Å². The molecule has 0 aliphatic carbocycles. The predicted molar refractivity (Wildman–Crippen MR) is 114 cm³/mol. The quantitative estimate of drug-likeness (QED) is 0.479. The molecule has 0 radical (unpaired) electrons. The molecule has 2 aliphatic rings. The Morgan fingerprint density at radius 1 is 1.00 bits per heavy atom. The number of benzene rings is 3. The van der Waals surface area contributed by atoms with Crippen LogP contribution in [0.4, 0.5) is 32.4 Å². The Kier molecular flexibility index (Phi) is 5.03. The highest BCUT2D eigenvalue weighted by Crippen LogP contribution is 2.53. The maximum atomic E-state index is 14.6. The van der Waals surface area contributed by atoms with Crippen LogP contribution in [0, 0.1) is 5.82 Å². The van der Waals surface area contributed by atoms with Crippen molar-refractivity contribution in [2.75, 3.05) is 11.9 Å². The molecule has 1 atom stereocenters. The van der Waals surface area contributed by atoms with Gasteiger partial charge in [-0.1, -0.05) is 48.5 Å². The van der Waals surface area contributed by atoms with Gasteiger partial charge in [0, 0.05) is 5.69 Å². The number of amides is 2. The third kappa shape index (κ3) is 3.55. The molecule has 1 unspecified atom stereocenters. The van der Waals surface area contributed by atoms with Crippen LogP contribution < -0.4 is 10.1 Å². The minimum Gasteiger partial charge on any atom is -0.427 e. The van der Waals surface area contributed by atoms with Crippen molar-refractivity contribution in [2.45, 2.75) is 17.9 Å². The maximum Gasteiger partial charge on any atom is 0.469 e. The topological polar surface area (TPSA) is 53.9 Å². The largest absolute Gasteiger partial charge is 0.469 e. The van der Waals surface area contributed by atoms with E-state index in [2.05, 4.69) is 15.2 Å². The maximum absolute atomic E-state index is 14.6. The molecule has 34 heavy (non-hydrogen) atoms. The Balaban J connectivity index is 1.43. The predicted octanol–water partition coefficient (Wildman–Crippen LogP) is 5.94. The van der Waals surface area contributed by atoms with E-state index in [1.807, 2.05) is 0 Å². The summed E-state index contributed by atoms with van der Waals surface area (Å²) in [4.78, 5) is 12.9. The summed E-state index contributed by atoms with van der Waals surface area (Å²) in [5.74, 6) is -6.25. The number of carbonyl (C=O) groups is 1. The highest BCUT2D eigenvalue weighted by Gasteiger charge is 2.66. The fourth-order valence-electron chi connectivity index (χ4n) is 3.99. The van der Waals surface area contributed by atoms with Crippen molar-refractivity contribution in [1.82, 2.24) is 5.01 Å². The molecule has 2 aliphatic heterocycles. The summed E-state index contributed by atoms with van der Waals surface area (Å²) in [5, 5.41) is 7.80. The van der Waals surface area contributed by atoms with Gasteiger partial charge < -0.3 is 10.1 Å². The highest BCUT2D eigenvalue weighted by molar-refractivity contribution is 6.07. The molecule has 2 amide bonds. The minimum atomic E-state index is -4.69. The van der Waals surface area contributed by atoms with Crippen LogP contribution in [0.15, 0.2) is 77.9 Å². The lowest BCUT2D eigenvalue weighted by Gasteiger charge is -2.17. The van der Waals surface area contributed by atoms with Gasteiger partial charge in [0.15, 0.2) is 0 Å². The number of nitrogens with one attached hydrogen (secondary N) is 1. The zero-order valence-corrected chi connectivity index (χ0v) is 17.3. The van der Waals surface area contributed by atoms with Crippen LogP contribution in [0.3, 0.4) is 0 Å². The Morgan fingerprint density at radius 3 is 2.44 bits per heavy atom. The summed E-state index contributed by atoms with van der Waals surface area (Å²) in [5.41, 5.74) is 0.305. The van der Waals surface area contributed by atoms with Gasteiger partial charge in [-0.3, -0.25) is 0 Å². The average Bonchev–Trinajstić information content (AvgIpc) is 3.32. The minimum absolute atomic E-state index is 0.0146. The van der Waals surface area contributed by atoms with E-state index >= 15 is 0 Å². The number of halogens is 5. The molecule has 1 N–H and O–H groups in total. The molecule has 0 bridgehead atoms. The van der Waals surface area contributed by atoms with Crippen molar-refractivity contribution < 1.29 is 31.5 Å². The first-order valence-corrected chi connectivity index (χ1v) is 10.2. The lowest BCUT2D eigenvalue weighted by molar-refractivity contribution is -0.296. The normalized spacial score (nSPS) is 19.9. The van der Waals surface area contributed by atoms with Gasteiger partial charge >= 0.3 is 18.1 Å². The van der Waals surface area contributed by atoms with Crippen molar-refractivity contribution in [3.63, 3.8) is 0 Å². The first kappa shape index (κ1) is 21.9. The monoisotopic (exact) mass is 473 g/mol. The number of hydrogen-bond acceptors (Lipinski definition) is 3. The summed E-state index contributed by atoms with van der Waals surface area (Å²) in [6, 6.07) is 17.1. The van der Waals surface area contributed by atoms with Gasteiger partial charge in [-0.25, -0.2) is 14.2 Å². The number of urea groups is 1. The third-order valence-corrected chi connectivity index (χ3v) is 5.67. The van der Waals surface area contributed by atoms with Crippen LogP contribution >= 0.6 is 0 Å². The second-order valence-corrected chi connectivity index (χ2v) is 7.84. The van der Waals surface area contributed by atoms with E-state index in [4.69, 9.17) is 0 Å². The van der Waals surface area contributed by atoms with E-state index in [0.717, 1.165) is 17.1 Å². The summed E-state index contributed by atoms with van der Waals surface area (Å²) in [7, 11) is 0. The van der Waals surface area contributed by atoms with Crippen LogP contribution in [0.2, 0.25) is 0 Å². The standard InChI is InChI=1S/C24H16F5N3O2/c25-19-9-5-4-8-16(19)17-13-32(31-21(17)14-6-2-1-3-7-14)22(33)30-15-10-11-20-18(12-15)23(26,27)24(28,29)34-20/h1-12,17H,13H2,(H,30,33). The molecule has 174 valence electrons. The zero-order chi connectivity index (χ0) is 24.1. The number of fused-ring (bicyclic) bond motifs is 1. The first-order chi connectivity index (χ1) is 16.2. The number of rotatable bonds is 3. The van der Waals surface area contributed by atoms with Crippen molar-refractivity contribution in [1.29, 1.82) is 0 Å². The van der Waals surface area contributed by atoms with E-state index in [1.165, 1.54) is 12.1 Å². The van der Waals surface area contributed by atoms with E-state index in [0.29, 0.717) is 16.8 Å². The SMILES string of the molecule is O=C(Nc1ccc2c(c1)C(F)(F)C(F)(F)O2)N1CC(c2ccccc2F)C(c2ccccc2)=N1. The third-order valence-electron chi connectivity index (χ3n) is 5.67. The van der Waals surface area contributed by atoms with Crippen molar-refractivity contribution >= 4 is 17.4 Å². The van der Waals surface area contributed by atoms with E-state index < -0.39 is 41.1 Å². The van der Waals surface area contributed by atoms with E-state index in [1.54, 1.807) is 48.5 Å². The summed E-state index contributed by atoms with van der Waals surface area (Å²) in [6.07, 6.45) is -4.69. The van der Waals surface area contributed by atoms with Gasteiger partial charge in [0.05, 0.1) is 23.7 Å². The number of carbonyl (C=O) groups excluding carboxylic acids is 1. The van der Waals surface area contributed by atoms with Crippen LogP contribution in [0.1, 0.15) is 22.6 Å². The number of ether oxygens (including phenoxy) is 1. The second-order valence-electron chi connectivity index (χ2n) is 7.84. The molecule has 2 heterocycles. The molecule has 3 aromatic rings. The van der Waals surface area contributed by atoms with Crippen LogP contribution in [0.5, 0.6) is 5.75 Å². The number of hydrogen-bond donors (Lipinski definition) is 1. The van der Waals surface area contributed by atoms with Gasteiger partial charge in [-0.15, -0.1) is 0 Å². The average molecular weight is 473 g/mol. The fourth-order valence-corrected chi connectivity index (χ4v) is 3.99. The van der Waals surface area contributed by atoms with Crippen molar-refractivity contribution in [2.24, 2.45) is 5.10 Å². The molecule has 5 rings (SSSR count). The molecule has 0 spiro atoms. The number of alkyl halides is 4. The summed E-state index contributed by atoms with van der Waals surface area (Å²) in [6.45, 7) is -0.0146. The molecule has 0 saturated heterocycles. The smallest absolute Gasteiger partial charge is 0.427 e. The number of nitrogens with zero attached hydrogens (tertiary/aromatic N) is 2. The van der Waals surface area contributed by atoms with Crippen molar-refractivity contribution in [3.8, 4) is 5.75 Å². The lowest BCUT2D eigenvalue weighted by Crippen LogP contribution is -2.37. The van der Waals surface area contributed by atoms with Crippen LogP contribution in [-0.4, -0.2) is 29.4 Å². The fraction of sp³-hybridized carbons (Fsp3) is 0.167. The second kappa shape index (κ2) is 7.82. The number of hydrazone groups is 1. The van der Waals surface area contributed by atoms with Gasteiger partial charge in [0.25, 0.3) is 0 Å². The first-order valence-electron chi connectivity index (χ1n) is 10.2. The Labute approximate surface area is 190 Å². The Bertz CT molecular complexity index is 1300. The van der Waals surface area contributed by atoms with Crippen LogP contribution in [0.25, 0.3) is 0 Å². The molecule has 0 aromatic heterocycles. The van der Waals surface area contributed by atoms with Gasteiger partial charge in [0.2, 0.25) is 0 Å². The van der Waals surface area contributed by atoms with Crippen LogP contribution in [-0.2, 0) is 5.92 Å². The van der Waals surface area contributed by atoms with E-state index in [-0.39, 0.29) is 12.2 Å². The van der Waals surface area contributed by atoms with Gasteiger partial charge in [-0.05, 0) is 35.4 Å². The lowest BCUT2D eigenvalue weighted by atomic mass is 9.90. The van der Waals surface area contributed by atoms with Gasteiger partial charge in [-0.2, -0.15) is 22.7 Å². The number of anilines is 1. The molecular formula is C24H16F5N3O2. The summed E-state index contributed by atoms with van der Waals surface area (Å²) >= 11 is 0. The Morgan fingerprint density at radius 2 is 1.71 bits per heavy atom. The molecule has 10 heteroatoms. The summed E-state index contributed by atoms with van der Waals surface area (Å²) < 4.78 is 73.5. The Hall–Kier alpha value is -3.95. The molecule has 5 nitrogen and oxygen atoms in total. The molecule has 3 aromatic carbocycles. The molecule has 0 fully saturated rings. The van der Waals surface area contributed by atoms with E-state index in [9.17, 15) is 26.7 Å². The van der Waals surface area contributed by atoms with Crippen molar-refractivity contribution in [3.05, 3.63) is 95.3 Å². The molecular weight excluding hydrogens is 457 g/mol. The molecule has 0 saturated carbocycles.